The smallest absolute Gasteiger partial charge is 0.0356 e. The molecule has 2 rings (SSSR count). The molecule has 0 radical (unpaired) electrons. The molecule has 0 spiro atoms. The van der Waals surface area contributed by atoms with Crippen molar-refractivity contribution in [1.82, 2.24) is 0 Å². The van der Waals surface area contributed by atoms with Crippen LogP contribution in [0.1, 0.15) is 15.3 Å². The van der Waals surface area contributed by atoms with E-state index in [1.807, 2.05) is 11.3 Å². The fraction of sp³-hybridized carbons (Fsp3) is 0.250. The summed E-state index contributed by atoms with van der Waals surface area (Å²) in [5.74, 6) is 0.428. The third-order valence-corrected chi connectivity index (χ3v) is 3.51. The number of hydrogen-bond acceptors (Lipinski definition) is 1. The van der Waals surface area contributed by atoms with Crippen molar-refractivity contribution in [2.75, 3.05) is 0 Å². The van der Waals surface area contributed by atoms with E-state index in [9.17, 15) is 0 Å². The topological polar surface area (TPSA) is 0 Å². The molecule has 0 saturated carbocycles. The third-order valence-electron chi connectivity index (χ3n) is 2.29. The van der Waals surface area contributed by atoms with E-state index in [0.717, 1.165) is 0 Å². The molecule has 0 nitrogen and oxygen atoms in total. The molecule has 0 unspecified atom stereocenters. The number of hydrogen-bond donors (Lipinski definition) is 0. The maximum Gasteiger partial charge on any atom is 0.0356 e. The maximum absolute atomic E-state index is 4.13. The fourth-order valence-electron chi connectivity index (χ4n) is 1.51. The van der Waals surface area contributed by atoms with Crippen molar-refractivity contribution in [2.24, 2.45) is 5.92 Å². The quantitative estimate of drug-likeness (QED) is 0.620. The number of thiophene rings is 1. The maximum atomic E-state index is 4.13. The number of rotatable bonds is 2. The van der Waals surface area contributed by atoms with Crippen molar-refractivity contribution in [2.45, 2.75) is 13.8 Å². The molecule has 1 aliphatic carbocycles. The molecule has 0 atom stereocenters. The highest BCUT2D eigenvalue weighted by Gasteiger charge is 2.15. The second-order valence-corrected chi connectivity index (χ2v) is 4.68. The van der Waals surface area contributed by atoms with E-state index in [1.54, 1.807) is 0 Å². The lowest BCUT2D eigenvalue weighted by atomic mass is 9.93. The van der Waals surface area contributed by atoms with Gasteiger partial charge in [0.25, 0.3) is 0 Å². The Morgan fingerprint density at radius 3 is 2.54 bits per heavy atom. The van der Waals surface area contributed by atoms with E-state index in [-0.39, 0.29) is 0 Å². The molecule has 1 heterocycles. The summed E-state index contributed by atoms with van der Waals surface area (Å²) < 4.78 is 0. The predicted molar refractivity (Wildman–Crippen MR) is 59.0 cm³/mol. The van der Waals surface area contributed by atoms with Gasteiger partial charge < -0.3 is 0 Å². The van der Waals surface area contributed by atoms with Gasteiger partial charge in [-0.05, 0) is 43.2 Å². The molecule has 0 aromatic carbocycles. The van der Waals surface area contributed by atoms with Gasteiger partial charge in [0.1, 0.15) is 0 Å². The van der Waals surface area contributed by atoms with Crippen molar-refractivity contribution >= 4 is 16.9 Å². The average molecular weight is 188 g/mol. The monoisotopic (exact) mass is 188 g/mol. The van der Waals surface area contributed by atoms with Crippen LogP contribution in [-0.2, 0) is 0 Å². The molecule has 1 aliphatic rings. The lowest BCUT2D eigenvalue weighted by Crippen LogP contribution is -1.98. The van der Waals surface area contributed by atoms with Crippen molar-refractivity contribution in [3.8, 4) is 0 Å². The SMILES string of the molecule is C=C(c1sc(C)cc1C)C1C=C=C1. The molecule has 0 saturated heterocycles. The van der Waals surface area contributed by atoms with Crippen molar-refractivity contribution in [1.29, 1.82) is 0 Å². The summed E-state index contributed by atoms with van der Waals surface area (Å²) in [4.78, 5) is 2.71. The standard InChI is InChI=1S/C12H12S/c1-8-7-9(2)13-12(8)10(3)11-5-4-6-11/h5-7,11H,3H2,1-2H3. The van der Waals surface area contributed by atoms with Crippen LogP contribution in [0, 0.1) is 19.8 Å². The lowest BCUT2D eigenvalue weighted by Gasteiger charge is -2.13. The lowest BCUT2D eigenvalue weighted by molar-refractivity contribution is 1.06. The number of allylic oxidation sites excluding steroid dienone is 2. The molecule has 0 amide bonds. The van der Waals surface area contributed by atoms with Crippen LogP contribution in [0.25, 0.3) is 5.57 Å². The molecule has 1 heteroatoms. The Morgan fingerprint density at radius 1 is 1.46 bits per heavy atom. The minimum absolute atomic E-state index is 0.428. The van der Waals surface area contributed by atoms with Crippen LogP contribution < -0.4 is 0 Å². The first kappa shape index (κ1) is 8.55. The van der Waals surface area contributed by atoms with Gasteiger partial charge in [0.15, 0.2) is 0 Å². The van der Waals surface area contributed by atoms with Crippen LogP contribution in [-0.4, -0.2) is 0 Å². The molecular weight excluding hydrogens is 176 g/mol. The minimum atomic E-state index is 0.428. The predicted octanol–water partition coefficient (Wildman–Crippen LogP) is 3.72. The van der Waals surface area contributed by atoms with Gasteiger partial charge >= 0.3 is 0 Å². The minimum Gasteiger partial charge on any atom is -0.141 e. The van der Waals surface area contributed by atoms with E-state index in [4.69, 9.17) is 0 Å². The first-order valence-corrected chi connectivity index (χ1v) is 5.19. The van der Waals surface area contributed by atoms with Gasteiger partial charge in [-0.3, -0.25) is 0 Å². The van der Waals surface area contributed by atoms with Gasteiger partial charge in [-0.1, -0.05) is 6.58 Å². The van der Waals surface area contributed by atoms with Crippen molar-refractivity contribution in [3.63, 3.8) is 0 Å². The largest absolute Gasteiger partial charge is 0.141 e. The normalized spacial score (nSPS) is 14.6. The van der Waals surface area contributed by atoms with Gasteiger partial charge in [-0.25, -0.2) is 0 Å². The summed E-state index contributed by atoms with van der Waals surface area (Å²) in [6.45, 7) is 8.42. The van der Waals surface area contributed by atoms with Gasteiger partial charge in [0.05, 0.1) is 0 Å². The number of aryl methyl sites for hydroxylation is 2. The molecular formula is C12H12S. The van der Waals surface area contributed by atoms with E-state index >= 15 is 0 Å². The van der Waals surface area contributed by atoms with Crippen molar-refractivity contribution < 1.29 is 0 Å². The molecule has 1 aromatic heterocycles. The summed E-state index contributed by atoms with van der Waals surface area (Å²) >= 11 is 1.83. The highest BCUT2D eigenvalue weighted by Crippen LogP contribution is 2.34. The molecule has 0 aliphatic heterocycles. The summed E-state index contributed by atoms with van der Waals surface area (Å²) in [6.07, 6.45) is 4.13. The second-order valence-electron chi connectivity index (χ2n) is 3.42. The van der Waals surface area contributed by atoms with Crippen LogP contribution in [0.2, 0.25) is 0 Å². The van der Waals surface area contributed by atoms with E-state index < -0.39 is 0 Å². The summed E-state index contributed by atoms with van der Waals surface area (Å²) in [5, 5.41) is 0. The van der Waals surface area contributed by atoms with E-state index in [2.05, 4.69) is 44.4 Å². The van der Waals surface area contributed by atoms with Gasteiger partial charge in [0, 0.05) is 15.7 Å². The van der Waals surface area contributed by atoms with Crippen LogP contribution in [0.15, 0.2) is 30.5 Å². The summed E-state index contributed by atoms with van der Waals surface area (Å²) in [6, 6.07) is 2.22. The fourth-order valence-corrected chi connectivity index (χ4v) is 2.55. The van der Waals surface area contributed by atoms with Gasteiger partial charge in [0.2, 0.25) is 0 Å². The first-order valence-electron chi connectivity index (χ1n) is 4.37. The Labute approximate surface area is 82.9 Å². The Kier molecular flexibility index (Phi) is 1.99. The molecule has 13 heavy (non-hydrogen) atoms. The summed E-state index contributed by atoms with van der Waals surface area (Å²) in [5.41, 5.74) is 5.60. The van der Waals surface area contributed by atoms with Crippen molar-refractivity contribution in [3.05, 3.63) is 45.8 Å². The zero-order chi connectivity index (χ0) is 9.42. The molecule has 0 bridgehead atoms. The van der Waals surface area contributed by atoms with Crippen LogP contribution >= 0.6 is 11.3 Å². The zero-order valence-electron chi connectivity index (χ0n) is 7.92. The second kappa shape index (κ2) is 3.02. The Balaban J connectivity index is 2.29. The first-order chi connectivity index (χ1) is 6.18. The molecule has 66 valence electrons. The summed E-state index contributed by atoms with van der Waals surface area (Å²) in [7, 11) is 0. The Morgan fingerprint density at radius 2 is 2.15 bits per heavy atom. The zero-order valence-corrected chi connectivity index (χ0v) is 8.74. The average Bonchev–Trinajstić information content (AvgIpc) is 2.26. The van der Waals surface area contributed by atoms with E-state index in [1.165, 1.54) is 20.9 Å². The van der Waals surface area contributed by atoms with Gasteiger partial charge in [-0.15, -0.1) is 17.1 Å². The highest BCUT2D eigenvalue weighted by atomic mass is 32.1. The van der Waals surface area contributed by atoms with Crippen LogP contribution in [0.3, 0.4) is 0 Å². The van der Waals surface area contributed by atoms with Gasteiger partial charge in [-0.2, -0.15) is 0 Å². The molecule has 0 N–H and O–H groups in total. The van der Waals surface area contributed by atoms with Crippen LogP contribution in [0.5, 0.6) is 0 Å². The Bertz CT molecular complexity index is 406. The van der Waals surface area contributed by atoms with Crippen LogP contribution in [0.4, 0.5) is 0 Å². The highest BCUT2D eigenvalue weighted by molar-refractivity contribution is 7.13. The third kappa shape index (κ3) is 1.41. The van der Waals surface area contributed by atoms with E-state index in [0.29, 0.717) is 5.92 Å². The molecule has 0 fully saturated rings. The molecule has 1 aromatic rings. The Hall–Kier alpha value is -1.04.